The van der Waals surface area contributed by atoms with Crippen molar-refractivity contribution in [3.63, 3.8) is 0 Å². The summed E-state index contributed by atoms with van der Waals surface area (Å²) in [7, 11) is 3.72. The summed E-state index contributed by atoms with van der Waals surface area (Å²) in [5.74, 6) is 1.30. The average Bonchev–Trinajstić information content (AvgIpc) is 2.92. The quantitative estimate of drug-likeness (QED) is 0.556. The molecule has 1 aromatic heterocycles. The summed E-state index contributed by atoms with van der Waals surface area (Å²) >= 11 is 0. The predicted molar refractivity (Wildman–Crippen MR) is 145 cm³/mol. The molecular formula is C29H40N4O5. The van der Waals surface area contributed by atoms with Gasteiger partial charge in [-0.2, -0.15) is 0 Å². The zero-order chi connectivity index (χ0) is 27.2. The van der Waals surface area contributed by atoms with Crippen LogP contribution in [0.4, 0.5) is 4.79 Å². The number of benzene rings is 1. The Morgan fingerprint density at radius 3 is 2.45 bits per heavy atom. The van der Waals surface area contributed by atoms with Gasteiger partial charge in [0.1, 0.15) is 11.4 Å². The van der Waals surface area contributed by atoms with Crippen LogP contribution in [0.15, 0.2) is 36.5 Å². The van der Waals surface area contributed by atoms with E-state index in [1.54, 1.807) is 24.3 Å². The maximum atomic E-state index is 12.8. The highest BCUT2D eigenvalue weighted by Crippen LogP contribution is 2.31. The van der Waals surface area contributed by atoms with Gasteiger partial charge in [-0.05, 0) is 55.5 Å². The van der Waals surface area contributed by atoms with Crippen molar-refractivity contribution in [3.05, 3.63) is 47.8 Å². The van der Waals surface area contributed by atoms with E-state index >= 15 is 0 Å². The van der Waals surface area contributed by atoms with E-state index in [1.807, 2.05) is 29.2 Å². The number of likely N-dealkylation sites (N-methyl/N-ethyl adjacent to an activating group) is 1. The van der Waals surface area contributed by atoms with Crippen LogP contribution < -0.4 is 4.74 Å². The maximum Gasteiger partial charge on any atom is 0.407 e. The fourth-order valence-corrected chi connectivity index (χ4v) is 5.33. The molecule has 2 saturated heterocycles. The molecule has 2 aliphatic heterocycles. The van der Waals surface area contributed by atoms with Gasteiger partial charge in [0.05, 0.1) is 13.2 Å². The molecular weight excluding hydrogens is 484 g/mol. The normalized spacial score (nSPS) is 20.6. The lowest BCUT2D eigenvalue weighted by Gasteiger charge is -2.40. The van der Waals surface area contributed by atoms with E-state index in [4.69, 9.17) is 9.47 Å². The molecule has 4 rings (SSSR count). The van der Waals surface area contributed by atoms with Crippen molar-refractivity contribution >= 4 is 12.0 Å². The van der Waals surface area contributed by atoms with E-state index in [0.29, 0.717) is 31.4 Å². The minimum Gasteiger partial charge on any atom is -0.493 e. The number of carboxylic acid groups (broad SMARTS) is 1. The SMILES string of the molecule is COCc1cc(-c2ccc(C(=O)N3CCN(C)CC3)nc2)ccc1OCC1CCN(C(=O)O)C(C(C)C)C1. The van der Waals surface area contributed by atoms with Gasteiger partial charge in [0, 0.05) is 63.2 Å². The van der Waals surface area contributed by atoms with Gasteiger partial charge >= 0.3 is 6.09 Å². The van der Waals surface area contributed by atoms with Gasteiger partial charge in [0.15, 0.2) is 0 Å². The first-order valence-electron chi connectivity index (χ1n) is 13.4. The van der Waals surface area contributed by atoms with E-state index in [1.165, 1.54) is 0 Å². The van der Waals surface area contributed by atoms with Crippen molar-refractivity contribution in [2.75, 3.05) is 53.5 Å². The molecule has 3 heterocycles. The summed E-state index contributed by atoms with van der Waals surface area (Å²) in [6.07, 6.45) is 2.50. The van der Waals surface area contributed by atoms with Gasteiger partial charge in [0.25, 0.3) is 5.91 Å². The number of carbonyl (C=O) groups is 2. The highest BCUT2D eigenvalue weighted by atomic mass is 16.5. The maximum absolute atomic E-state index is 12.8. The van der Waals surface area contributed by atoms with E-state index < -0.39 is 6.09 Å². The molecule has 0 spiro atoms. The Bertz CT molecular complexity index is 1100. The zero-order valence-corrected chi connectivity index (χ0v) is 22.9. The number of likely N-dealkylation sites (tertiary alicyclic amines) is 1. The zero-order valence-electron chi connectivity index (χ0n) is 22.9. The number of rotatable bonds is 8. The van der Waals surface area contributed by atoms with Crippen molar-refractivity contribution in [2.45, 2.75) is 39.3 Å². The van der Waals surface area contributed by atoms with E-state index in [2.05, 4.69) is 30.8 Å². The second kappa shape index (κ2) is 12.6. The van der Waals surface area contributed by atoms with Crippen molar-refractivity contribution < 1.29 is 24.2 Å². The molecule has 1 N–H and O–H groups in total. The Balaban J connectivity index is 1.41. The molecule has 9 heteroatoms. The number of amides is 2. The number of hydrogen-bond donors (Lipinski definition) is 1. The van der Waals surface area contributed by atoms with Crippen LogP contribution in [0.5, 0.6) is 5.75 Å². The Morgan fingerprint density at radius 1 is 1.08 bits per heavy atom. The number of hydrogen-bond acceptors (Lipinski definition) is 6. The van der Waals surface area contributed by atoms with E-state index in [-0.39, 0.29) is 17.9 Å². The van der Waals surface area contributed by atoms with Crippen LogP contribution in [0.1, 0.15) is 42.7 Å². The number of piperazine rings is 1. The molecule has 2 aromatic rings. The molecule has 2 atom stereocenters. The van der Waals surface area contributed by atoms with Crippen molar-refractivity contribution in [3.8, 4) is 16.9 Å². The molecule has 2 unspecified atom stereocenters. The van der Waals surface area contributed by atoms with Crippen LogP contribution in [-0.2, 0) is 11.3 Å². The first-order valence-corrected chi connectivity index (χ1v) is 13.4. The third kappa shape index (κ3) is 6.63. The monoisotopic (exact) mass is 524 g/mol. The Labute approximate surface area is 225 Å². The standard InChI is InChI=1S/C29H40N4O5/c1-20(2)26-15-21(9-10-33(26)29(35)36)18-38-27-8-6-22(16-24(27)19-37-4)23-5-7-25(30-17-23)28(34)32-13-11-31(3)12-14-32/h5-8,16-17,20-21,26H,9-15,18-19H2,1-4H3,(H,35,36). The number of nitrogens with zero attached hydrogens (tertiary/aromatic N) is 4. The minimum absolute atomic E-state index is 0.00859. The van der Waals surface area contributed by atoms with Crippen molar-refractivity contribution in [1.82, 2.24) is 19.7 Å². The van der Waals surface area contributed by atoms with Gasteiger partial charge in [-0.15, -0.1) is 0 Å². The average molecular weight is 525 g/mol. The molecule has 0 aliphatic carbocycles. The number of pyridine rings is 1. The lowest BCUT2D eigenvalue weighted by atomic mass is 9.86. The second-order valence-corrected chi connectivity index (χ2v) is 10.8. The van der Waals surface area contributed by atoms with E-state index in [0.717, 1.165) is 61.5 Å². The molecule has 2 fully saturated rings. The van der Waals surface area contributed by atoms with Crippen LogP contribution in [0, 0.1) is 11.8 Å². The molecule has 0 bridgehead atoms. The lowest BCUT2D eigenvalue weighted by molar-refractivity contribution is 0.0579. The molecule has 0 radical (unpaired) electrons. The van der Waals surface area contributed by atoms with Gasteiger partial charge in [-0.25, -0.2) is 4.79 Å². The summed E-state index contributed by atoms with van der Waals surface area (Å²) < 4.78 is 11.7. The Morgan fingerprint density at radius 2 is 1.82 bits per heavy atom. The Hall–Kier alpha value is -3.17. The number of aromatic nitrogens is 1. The summed E-state index contributed by atoms with van der Waals surface area (Å²) in [4.78, 5) is 34.6. The highest BCUT2D eigenvalue weighted by Gasteiger charge is 2.33. The Kier molecular flexibility index (Phi) is 9.22. The van der Waals surface area contributed by atoms with Crippen molar-refractivity contribution in [1.29, 1.82) is 0 Å². The third-order valence-corrected chi connectivity index (χ3v) is 7.71. The number of ether oxygens (including phenoxy) is 2. The van der Waals surface area contributed by atoms with Crippen LogP contribution in [0.25, 0.3) is 11.1 Å². The number of methoxy groups -OCH3 is 1. The first kappa shape index (κ1) is 27.9. The number of carbonyl (C=O) groups excluding carboxylic acids is 1. The molecule has 206 valence electrons. The molecule has 2 aliphatic rings. The predicted octanol–water partition coefficient (Wildman–Crippen LogP) is 4.08. The lowest BCUT2D eigenvalue weighted by Crippen LogP contribution is -2.48. The summed E-state index contributed by atoms with van der Waals surface area (Å²) in [6.45, 7) is 8.82. The fraction of sp³-hybridized carbons (Fsp3) is 0.552. The second-order valence-electron chi connectivity index (χ2n) is 10.8. The van der Waals surface area contributed by atoms with E-state index in [9.17, 15) is 14.7 Å². The molecule has 38 heavy (non-hydrogen) atoms. The summed E-state index contributed by atoms with van der Waals surface area (Å²) in [6, 6.07) is 9.74. The van der Waals surface area contributed by atoms with Crippen LogP contribution >= 0.6 is 0 Å². The minimum atomic E-state index is -0.841. The van der Waals surface area contributed by atoms with Gasteiger partial charge in [-0.1, -0.05) is 26.0 Å². The molecule has 1 aromatic carbocycles. The van der Waals surface area contributed by atoms with Gasteiger partial charge in [0.2, 0.25) is 0 Å². The molecule has 0 saturated carbocycles. The number of piperidine rings is 1. The van der Waals surface area contributed by atoms with Crippen LogP contribution in [0.2, 0.25) is 0 Å². The van der Waals surface area contributed by atoms with Gasteiger partial charge in [-0.3, -0.25) is 9.78 Å². The topological polar surface area (TPSA) is 95.4 Å². The third-order valence-electron chi connectivity index (χ3n) is 7.71. The molecule has 9 nitrogen and oxygen atoms in total. The fourth-order valence-electron chi connectivity index (χ4n) is 5.33. The summed E-state index contributed by atoms with van der Waals surface area (Å²) in [5.41, 5.74) is 3.30. The first-order chi connectivity index (χ1) is 18.3. The van der Waals surface area contributed by atoms with Gasteiger partial charge < -0.3 is 29.3 Å². The highest BCUT2D eigenvalue weighted by molar-refractivity contribution is 5.92. The van der Waals surface area contributed by atoms with Crippen LogP contribution in [0.3, 0.4) is 0 Å². The van der Waals surface area contributed by atoms with Crippen LogP contribution in [-0.4, -0.2) is 96.3 Å². The largest absolute Gasteiger partial charge is 0.493 e. The molecule has 2 amide bonds. The smallest absolute Gasteiger partial charge is 0.407 e. The summed E-state index contributed by atoms with van der Waals surface area (Å²) in [5, 5.41) is 9.53. The van der Waals surface area contributed by atoms with Crippen molar-refractivity contribution in [2.24, 2.45) is 11.8 Å².